The van der Waals surface area contributed by atoms with Crippen molar-refractivity contribution in [2.24, 2.45) is 0 Å². The second kappa shape index (κ2) is 6.75. The van der Waals surface area contributed by atoms with E-state index in [1.165, 1.54) is 0 Å². The van der Waals surface area contributed by atoms with Crippen molar-refractivity contribution in [2.45, 2.75) is 32.1 Å². The molecule has 0 saturated carbocycles. The van der Waals surface area contributed by atoms with Gasteiger partial charge in [0.15, 0.2) is 0 Å². The monoisotopic (exact) mass is 348 g/mol. The van der Waals surface area contributed by atoms with E-state index in [4.69, 9.17) is 0 Å². The molecular formula is C23H24O3. The Morgan fingerprint density at radius 2 is 1.19 bits per heavy atom. The van der Waals surface area contributed by atoms with Crippen molar-refractivity contribution in [3.8, 4) is 17.2 Å². The lowest BCUT2D eigenvalue weighted by Gasteiger charge is -2.28. The summed E-state index contributed by atoms with van der Waals surface area (Å²) in [6.45, 7) is 6.29. The fraction of sp³-hybridized carbons (Fsp3) is 0.217. The molecule has 3 aromatic rings. The molecule has 0 heterocycles. The summed E-state index contributed by atoms with van der Waals surface area (Å²) >= 11 is 0. The van der Waals surface area contributed by atoms with Gasteiger partial charge in [-0.3, -0.25) is 0 Å². The highest BCUT2D eigenvalue weighted by Crippen LogP contribution is 2.38. The molecule has 0 aliphatic heterocycles. The Kier molecular flexibility index (Phi) is 4.64. The highest BCUT2D eigenvalue weighted by molar-refractivity contribution is 5.48. The van der Waals surface area contributed by atoms with Crippen LogP contribution in [0.1, 0.15) is 48.9 Å². The van der Waals surface area contributed by atoms with Crippen LogP contribution < -0.4 is 0 Å². The smallest absolute Gasteiger partial charge is 0.119 e. The van der Waals surface area contributed by atoms with Crippen LogP contribution in [0, 0.1) is 0 Å². The van der Waals surface area contributed by atoms with E-state index < -0.39 is 0 Å². The minimum absolute atomic E-state index is 0.00818. The summed E-state index contributed by atoms with van der Waals surface area (Å²) in [6, 6.07) is 20.0. The lowest BCUT2D eigenvalue weighted by molar-refractivity contribution is 0.464. The number of rotatable bonds is 4. The summed E-state index contributed by atoms with van der Waals surface area (Å²) in [5, 5.41) is 29.4. The predicted octanol–water partition coefficient (Wildman–Crippen LogP) is 5.28. The van der Waals surface area contributed by atoms with Crippen molar-refractivity contribution in [3.05, 3.63) is 89.0 Å². The van der Waals surface area contributed by atoms with Gasteiger partial charge in [0.05, 0.1) is 0 Å². The van der Waals surface area contributed by atoms with Crippen molar-refractivity contribution in [3.63, 3.8) is 0 Å². The Hall–Kier alpha value is -2.94. The Morgan fingerprint density at radius 3 is 1.77 bits per heavy atom. The Labute approximate surface area is 154 Å². The van der Waals surface area contributed by atoms with E-state index in [0.29, 0.717) is 0 Å². The largest absolute Gasteiger partial charge is 0.508 e. The topological polar surface area (TPSA) is 60.7 Å². The molecule has 0 saturated heterocycles. The third-order valence-electron chi connectivity index (χ3n) is 5.20. The Bertz CT molecular complexity index is 894. The zero-order valence-corrected chi connectivity index (χ0v) is 15.3. The fourth-order valence-electron chi connectivity index (χ4n) is 3.28. The first-order valence-corrected chi connectivity index (χ1v) is 8.71. The lowest BCUT2D eigenvalue weighted by Crippen LogP contribution is -2.19. The maximum atomic E-state index is 10.4. The minimum Gasteiger partial charge on any atom is -0.508 e. The van der Waals surface area contributed by atoms with Crippen LogP contribution in [0.2, 0.25) is 0 Å². The molecule has 3 aromatic carbocycles. The van der Waals surface area contributed by atoms with Crippen molar-refractivity contribution >= 4 is 0 Å². The maximum Gasteiger partial charge on any atom is 0.119 e. The van der Waals surface area contributed by atoms with Crippen molar-refractivity contribution in [2.75, 3.05) is 0 Å². The first kappa shape index (κ1) is 17.9. The number of hydrogen-bond acceptors (Lipinski definition) is 3. The molecule has 0 amide bonds. The molecule has 0 bridgehead atoms. The van der Waals surface area contributed by atoms with Crippen molar-refractivity contribution in [1.29, 1.82) is 0 Å². The van der Waals surface area contributed by atoms with Gasteiger partial charge in [-0.1, -0.05) is 57.2 Å². The first-order valence-electron chi connectivity index (χ1n) is 8.71. The minimum atomic E-state index is -0.273. The molecule has 26 heavy (non-hydrogen) atoms. The third-order valence-corrected chi connectivity index (χ3v) is 5.20. The van der Waals surface area contributed by atoms with Gasteiger partial charge in [0.1, 0.15) is 17.2 Å². The van der Waals surface area contributed by atoms with Gasteiger partial charge in [-0.25, -0.2) is 0 Å². The van der Waals surface area contributed by atoms with Crippen LogP contribution in [0.4, 0.5) is 0 Å². The standard InChI is InChI=1S/C23H24O3/c1-15(16-4-9-19(24)10-5-16)21-14-18(8-13-22(21)26)23(2,3)17-6-11-20(25)12-7-17/h4-15,24-26H,1-3H3. The van der Waals surface area contributed by atoms with Gasteiger partial charge in [-0.2, -0.15) is 0 Å². The van der Waals surface area contributed by atoms with Gasteiger partial charge in [0.2, 0.25) is 0 Å². The molecule has 0 aliphatic carbocycles. The van der Waals surface area contributed by atoms with Crippen LogP contribution in [0.3, 0.4) is 0 Å². The number of aromatic hydroxyl groups is 3. The van der Waals surface area contributed by atoms with Gasteiger partial charge < -0.3 is 15.3 Å². The summed E-state index contributed by atoms with van der Waals surface area (Å²) in [5.41, 5.74) is 3.77. The van der Waals surface area contributed by atoms with Crippen LogP contribution in [0.25, 0.3) is 0 Å². The summed E-state index contributed by atoms with van der Waals surface area (Å²) in [7, 11) is 0. The highest BCUT2D eigenvalue weighted by Gasteiger charge is 2.25. The zero-order valence-electron chi connectivity index (χ0n) is 15.3. The van der Waals surface area contributed by atoms with Gasteiger partial charge in [0.25, 0.3) is 0 Å². The molecule has 3 nitrogen and oxygen atoms in total. The maximum absolute atomic E-state index is 10.4. The Morgan fingerprint density at radius 1 is 0.692 bits per heavy atom. The van der Waals surface area contributed by atoms with Crippen molar-refractivity contribution in [1.82, 2.24) is 0 Å². The molecule has 3 rings (SSSR count). The molecule has 3 heteroatoms. The lowest BCUT2D eigenvalue weighted by atomic mass is 9.76. The quantitative estimate of drug-likeness (QED) is 0.601. The average molecular weight is 348 g/mol. The molecule has 0 fully saturated rings. The molecule has 134 valence electrons. The molecule has 3 N–H and O–H groups in total. The van der Waals surface area contributed by atoms with E-state index in [-0.39, 0.29) is 28.6 Å². The number of phenolic OH excluding ortho intramolecular Hbond substituents is 3. The second-order valence-corrected chi connectivity index (χ2v) is 7.26. The summed E-state index contributed by atoms with van der Waals surface area (Å²) in [6.07, 6.45) is 0. The van der Waals surface area contributed by atoms with Gasteiger partial charge in [0, 0.05) is 16.9 Å². The van der Waals surface area contributed by atoms with Crippen LogP contribution >= 0.6 is 0 Å². The SMILES string of the molecule is CC(c1ccc(O)cc1)c1cc(C(C)(C)c2ccc(O)cc2)ccc1O. The van der Waals surface area contributed by atoms with E-state index >= 15 is 0 Å². The Balaban J connectivity index is 2.01. The van der Waals surface area contributed by atoms with Crippen LogP contribution in [0.15, 0.2) is 66.7 Å². The summed E-state index contributed by atoms with van der Waals surface area (Å²) < 4.78 is 0. The molecule has 1 atom stereocenters. The van der Waals surface area contributed by atoms with E-state index in [2.05, 4.69) is 13.8 Å². The average Bonchev–Trinajstić information content (AvgIpc) is 2.62. The highest BCUT2D eigenvalue weighted by atomic mass is 16.3. The molecule has 0 aliphatic rings. The normalized spacial score (nSPS) is 12.7. The number of hydrogen-bond donors (Lipinski definition) is 3. The molecule has 1 unspecified atom stereocenters. The third kappa shape index (κ3) is 3.38. The fourth-order valence-corrected chi connectivity index (χ4v) is 3.28. The van der Waals surface area contributed by atoms with Crippen LogP contribution in [-0.2, 0) is 5.41 Å². The second-order valence-electron chi connectivity index (χ2n) is 7.26. The number of benzene rings is 3. The van der Waals surface area contributed by atoms with E-state index in [0.717, 1.165) is 22.3 Å². The van der Waals surface area contributed by atoms with Crippen molar-refractivity contribution < 1.29 is 15.3 Å². The van der Waals surface area contributed by atoms with Gasteiger partial charge in [-0.15, -0.1) is 0 Å². The van der Waals surface area contributed by atoms with Crippen LogP contribution in [-0.4, -0.2) is 15.3 Å². The summed E-state index contributed by atoms with van der Waals surface area (Å²) in [5.74, 6) is 0.728. The molecule has 0 spiro atoms. The zero-order chi connectivity index (χ0) is 18.9. The first-order chi connectivity index (χ1) is 12.3. The van der Waals surface area contributed by atoms with Crippen LogP contribution in [0.5, 0.6) is 17.2 Å². The van der Waals surface area contributed by atoms with Gasteiger partial charge >= 0.3 is 0 Å². The van der Waals surface area contributed by atoms with E-state index in [9.17, 15) is 15.3 Å². The summed E-state index contributed by atoms with van der Waals surface area (Å²) in [4.78, 5) is 0. The van der Waals surface area contributed by atoms with E-state index in [1.807, 2.05) is 43.3 Å². The van der Waals surface area contributed by atoms with E-state index in [1.54, 1.807) is 30.3 Å². The predicted molar refractivity (Wildman–Crippen MR) is 104 cm³/mol. The number of phenols is 3. The molecule has 0 radical (unpaired) electrons. The molecular weight excluding hydrogens is 324 g/mol. The molecule has 0 aromatic heterocycles. The van der Waals surface area contributed by atoms with Gasteiger partial charge in [-0.05, 0) is 47.0 Å².